The molecule has 0 bridgehead atoms. The van der Waals surface area contributed by atoms with Crippen molar-refractivity contribution in [2.45, 2.75) is 70.9 Å². The second-order valence-electron chi connectivity index (χ2n) is 11.0. The van der Waals surface area contributed by atoms with Crippen molar-refractivity contribution in [1.29, 1.82) is 0 Å². The maximum atomic E-state index is 13.5. The van der Waals surface area contributed by atoms with Crippen LogP contribution < -0.4 is 0 Å². The molecule has 0 radical (unpaired) electrons. The van der Waals surface area contributed by atoms with E-state index in [0.29, 0.717) is 25.4 Å². The monoisotopic (exact) mass is 468 g/mol. The summed E-state index contributed by atoms with van der Waals surface area (Å²) in [5.41, 5.74) is 4.13. The fourth-order valence-electron chi connectivity index (χ4n) is 5.60. The fourth-order valence-corrected chi connectivity index (χ4v) is 5.60. The third kappa shape index (κ3) is 5.13. The smallest absolute Gasteiger partial charge is 0.410 e. The lowest BCUT2D eigenvalue weighted by Crippen LogP contribution is -2.51. The molecule has 1 atom stereocenters. The minimum Gasteiger partial charge on any atom is -0.480 e. The van der Waals surface area contributed by atoms with Gasteiger partial charge in [-0.2, -0.15) is 0 Å². The molecule has 4 rings (SSSR count). The lowest BCUT2D eigenvalue weighted by Gasteiger charge is -2.38. The molecule has 0 saturated heterocycles. The van der Waals surface area contributed by atoms with Crippen LogP contribution in [-0.2, 0) is 20.7 Å². The van der Waals surface area contributed by atoms with Gasteiger partial charge in [0.1, 0.15) is 11.6 Å². The van der Waals surface area contributed by atoms with Crippen molar-refractivity contribution < 1.29 is 24.2 Å². The van der Waals surface area contributed by atoms with Gasteiger partial charge >= 0.3 is 12.1 Å². The number of aliphatic carboxylic acids is 1. The zero-order valence-electron chi connectivity index (χ0n) is 20.7. The number of fused-ring (bicyclic) bond motifs is 2. The third-order valence-electron chi connectivity index (χ3n) is 7.31. The van der Waals surface area contributed by atoms with E-state index in [-0.39, 0.29) is 17.9 Å². The molecule has 1 N–H and O–H groups in total. The molecule has 1 fully saturated rings. The number of carboxylic acid groups (broad SMARTS) is 1. The fraction of sp³-hybridized carbons (Fsp3) is 0.593. The highest BCUT2D eigenvalue weighted by molar-refractivity contribution is 5.90. The number of hydrogen-bond acceptors (Lipinski definition) is 4. The van der Waals surface area contributed by atoms with Gasteiger partial charge in [0, 0.05) is 32.5 Å². The van der Waals surface area contributed by atoms with Gasteiger partial charge in [-0.05, 0) is 81.1 Å². The Morgan fingerprint density at radius 2 is 1.79 bits per heavy atom. The first-order valence-corrected chi connectivity index (χ1v) is 12.3. The van der Waals surface area contributed by atoms with Crippen LogP contribution in [0.4, 0.5) is 4.79 Å². The van der Waals surface area contributed by atoms with Crippen LogP contribution in [0.25, 0.3) is 5.57 Å². The third-order valence-corrected chi connectivity index (χ3v) is 7.31. The van der Waals surface area contributed by atoms with Gasteiger partial charge in [0.2, 0.25) is 5.91 Å². The summed E-state index contributed by atoms with van der Waals surface area (Å²) in [6.45, 7) is 6.56. The lowest BCUT2D eigenvalue weighted by atomic mass is 9.80. The standard InChI is InChI=1S/C27H36N2O5/c1-27(2,3)34-26(33)28(4)15-17-9-11-18(12-10-17)24(30)29-16-20-13-19-7-5-6-8-21(19)22(20)14-23(29)25(31)32/h5-8,17-18,23H,9-16H2,1-4H3,(H,31,32)/t17?,18?,23-/m0/s1. The largest absolute Gasteiger partial charge is 0.480 e. The topological polar surface area (TPSA) is 87.2 Å². The summed E-state index contributed by atoms with van der Waals surface area (Å²) >= 11 is 0. The maximum absolute atomic E-state index is 13.5. The number of benzene rings is 1. The van der Waals surface area contributed by atoms with Gasteiger partial charge in [-0.25, -0.2) is 9.59 Å². The van der Waals surface area contributed by atoms with Gasteiger partial charge in [0.15, 0.2) is 0 Å². The average molecular weight is 469 g/mol. The Balaban J connectivity index is 1.36. The van der Waals surface area contributed by atoms with Crippen LogP contribution in [0.1, 0.15) is 64.0 Å². The SMILES string of the molecule is CN(CC1CCC(C(=O)N2CC3=C(C[C@H]2C(=O)O)c2ccccc2C3)CC1)C(=O)OC(C)(C)C. The molecule has 34 heavy (non-hydrogen) atoms. The molecule has 2 amide bonds. The second-order valence-corrected chi connectivity index (χ2v) is 11.0. The van der Waals surface area contributed by atoms with E-state index in [4.69, 9.17) is 4.74 Å². The number of amides is 2. The highest BCUT2D eigenvalue weighted by Gasteiger charge is 2.41. The summed E-state index contributed by atoms with van der Waals surface area (Å²) in [6.07, 6.45) is 3.98. The van der Waals surface area contributed by atoms with Gasteiger partial charge in [-0.3, -0.25) is 4.79 Å². The first-order valence-electron chi connectivity index (χ1n) is 12.3. The normalized spacial score (nSPS) is 24.4. The van der Waals surface area contributed by atoms with E-state index in [1.54, 1.807) is 16.8 Å². The van der Waals surface area contributed by atoms with Crippen LogP contribution >= 0.6 is 0 Å². The van der Waals surface area contributed by atoms with Gasteiger partial charge < -0.3 is 19.6 Å². The van der Waals surface area contributed by atoms with Crippen LogP contribution in [0.3, 0.4) is 0 Å². The van der Waals surface area contributed by atoms with E-state index in [9.17, 15) is 19.5 Å². The maximum Gasteiger partial charge on any atom is 0.410 e. The van der Waals surface area contributed by atoms with Crippen molar-refractivity contribution in [1.82, 2.24) is 9.80 Å². The summed E-state index contributed by atoms with van der Waals surface area (Å²) in [5, 5.41) is 9.93. The molecule has 2 aliphatic carbocycles. The lowest BCUT2D eigenvalue weighted by molar-refractivity contribution is -0.152. The van der Waals surface area contributed by atoms with Crippen LogP contribution in [0, 0.1) is 11.8 Å². The quantitative estimate of drug-likeness (QED) is 0.710. The molecule has 7 nitrogen and oxygen atoms in total. The van der Waals surface area contributed by atoms with Gasteiger partial charge in [-0.1, -0.05) is 24.3 Å². The average Bonchev–Trinajstić information content (AvgIpc) is 3.14. The molecule has 184 valence electrons. The summed E-state index contributed by atoms with van der Waals surface area (Å²) in [5.74, 6) is -0.807. The number of carbonyl (C=O) groups excluding carboxylic acids is 2. The number of carboxylic acids is 1. The van der Waals surface area contributed by atoms with Crippen molar-refractivity contribution >= 4 is 23.5 Å². The molecule has 3 aliphatic rings. The summed E-state index contributed by atoms with van der Waals surface area (Å²) < 4.78 is 5.44. The second kappa shape index (κ2) is 9.43. The van der Waals surface area contributed by atoms with E-state index >= 15 is 0 Å². The Morgan fingerprint density at radius 3 is 2.44 bits per heavy atom. The van der Waals surface area contributed by atoms with E-state index in [0.717, 1.165) is 43.2 Å². The molecule has 7 heteroatoms. The van der Waals surface area contributed by atoms with E-state index < -0.39 is 17.6 Å². The molecule has 0 spiro atoms. The number of nitrogens with zero attached hydrogens (tertiary/aromatic N) is 2. The van der Waals surface area contributed by atoms with Crippen LogP contribution in [0.15, 0.2) is 29.8 Å². The Hall–Kier alpha value is -2.83. The molecular formula is C27H36N2O5. The number of rotatable bonds is 4. The predicted octanol–water partition coefficient (Wildman–Crippen LogP) is 4.36. The van der Waals surface area contributed by atoms with E-state index in [1.807, 2.05) is 32.9 Å². The molecule has 1 aromatic rings. The van der Waals surface area contributed by atoms with Crippen LogP contribution in [0.5, 0.6) is 0 Å². The van der Waals surface area contributed by atoms with Gasteiger partial charge in [0.25, 0.3) is 0 Å². The number of hydrogen-bond donors (Lipinski definition) is 1. The molecule has 0 unspecified atom stereocenters. The Morgan fingerprint density at radius 1 is 1.12 bits per heavy atom. The molecule has 0 aromatic heterocycles. The number of carbonyl (C=O) groups is 3. The molecule has 1 heterocycles. The van der Waals surface area contributed by atoms with Crippen molar-refractivity contribution in [3.05, 3.63) is 41.0 Å². The summed E-state index contributed by atoms with van der Waals surface area (Å²) in [7, 11) is 1.75. The number of ether oxygens (including phenoxy) is 1. The summed E-state index contributed by atoms with van der Waals surface area (Å²) in [4.78, 5) is 41.1. The highest BCUT2D eigenvalue weighted by atomic mass is 16.6. The predicted molar refractivity (Wildman–Crippen MR) is 129 cm³/mol. The zero-order chi connectivity index (χ0) is 24.6. The molecular weight excluding hydrogens is 432 g/mol. The minimum absolute atomic E-state index is 0.0335. The van der Waals surface area contributed by atoms with E-state index in [2.05, 4.69) is 12.1 Å². The van der Waals surface area contributed by atoms with Gasteiger partial charge in [0.05, 0.1) is 0 Å². The molecule has 1 saturated carbocycles. The van der Waals surface area contributed by atoms with Gasteiger partial charge in [-0.15, -0.1) is 0 Å². The van der Waals surface area contributed by atoms with Crippen molar-refractivity contribution in [2.24, 2.45) is 11.8 Å². The van der Waals surface area contributed by atoms with E-state index in [1.165, 1.54) is 11.1 Å². The molecule has 1 aliphatic heterocycles. The van der Waals surface area contributed by atoms with Crippen molar-refractivity contribution in [3.63, 3.8) is 0 Å². The van der Waals surface area contributed by atoms with Crippen molar-refractivity contribution in [3.8, 4) is 0 Å². The Kier molecular flexibility index (Phi) is 6.74. The first-order chi connectivity index (χ1) is 16.0. The molecule has 1 aromatic carbocycles. The Bertz CT molecular complexity index is 1000. The van der Waals surface area contributed by atoms with Crippen LogP contribution in [0.2, 0.25) is 0 Å². The highest BCUT2D eigenvalue weighted by Crippen LogP contribution is 2.41. The summed E-state index contributed by atoms with van der Waals surface area (Å²) in [6, 6.07) is 7.33. The van der Waals surface area contributed by atoms with Crippen molar-refractivity contribution in [2.75, 3.05) is 20.1 Å². The zero-order valence-corrected chi connectivity index (χ0v) is 20.7. The first kappa shape index (κ1) is 24.3. The van der Waals surface area contributed by atoms with Crippen LogP contribution in [-0.4, -0.2) is 64.7 Å². The Labute approximate surface area is 201 Å². The minimum atomic E-state index is -0.933.